The van der Waals surface area contributed by atoms with Crippen molar-refractivity contribution in [1.29, 1.82) is 0 Å². The summed E-state index contributed by atoms with van der Waals surface area (Å²) in [7, 11) is -1.93. The maximum Gasteiger partial charge on any atom is 0.181 e. The molecule has 0 aromatic rings. The van der Waals surface area contributed by atoms with Crippen molar-refractivity contribution in [3.05, 3.63) is 22.6 Å². The van der Waals surface area contributed by atoms with Crippen LogP contribution >= 0.6 is 0 Å². The van der Waals surface area contributed by atoms with Gasteiger partial charge in [0.1, 0.15) is 0 Å². The Bertz CT molecular complexity index is 596. The molecular weight excluding hydrogens is 368 g/mol. The van der Waals surface area contributed by atoms with Gasteiger partial charge in [-0.15, -0.1) is 0 Å². The standard InChI is InChI=1S/C20H36O6S/c1-5-7-11-20(6-2)16-27(22,23)19(9-8-13-25-15-12-21)18(10-14-24-4)17(3)26-20/h9-10,17,21H,5-8,11-16H2,1-4H3/b18-10-,19-9+/t17-,20-/m1/s1. The zero-order valence-electron chi connectivity index (χ0n) is 17.2. The number of hydrogen-bond donors (Lipinski definition) is 1. The summed E-state index contributed by atoms with van der Waals surface area (Å²) in [5.74, 6) is -0.00546. The third-order valence-corrected chi connectivity index (χ3v) is 6.84. The molecule has 1 rings (SSSR count). The van der Waals surface area contributed by atoms with Crippen molar-refractivity contribution in [2.45, 2.75) is 64.6 Å². The van der Waals surface area contributed by atoms with Crippen LogP contribution in [0.15, 0.2) is 22.6 Å². The van der Waals surface area contributed by atoms with Gasteiger partial charge in [0.25, 0.3) is 0 Å². The van der Waals surface area contributed by atoms with Gasteiger partial charge in [-0.2, -0.15) is 0 Å². The fourth-order valence-electron chi connectivity index (χ4n) is 3.39. The van der Waals surface area contributed by atoms with E-state index in [-0.39, 0.29) is 25.1 Å². The van der Waals surface area contributed by atoms with Gasteiger partial charge in [-0.05, 0) is 31.8 Å². The number of aliphatic hydroxyl groups excluding tert-OH is 1. The lowest BCUT2D eigenvalue weighted by Gasteiger charge is -2.33. The molecular formula is C20H36O6S. The monoisotopic (exact) mass is 404 g/mol. The van der Waals surface area contributed by atoms with Crippen molar-refractivity contribution in [3.63, 3.8) is 0 Å². The van der Waals surface area contributed by atoms with Crippen molar-refractivity contribution >= 4 is 9.84 Å². The number of sulfone groups is 1. The molecule has 7 heteroatoms. The van der Waals surface area contributed by atoms with Gasteiger partial charge in [-0.1, -0.05) is 38.8 Å². The molecule has 1 N–H and O–H groups in total. The molecule has 1 aliphatic rings. The lowest BCUT2D eigenvalue weighted by molar-refractivity contribution is -0.0641. The van der Waals surface area contributed by atoms with Crippen LogP contribution in [0.3, 0.4) is 0 Å². The fraction of sp³-hybridized carbons (Fsp3) is 0.800. The second-order valence-electron chi connectivity index (χ2n) is 6.97. The van der Waals surface area contributed by atoms with E-state index in [0.717, 1.165) is 19.3 Å². The van der Waals surface area contributed by atoms with E-state index in [0.29, 0.717) is 36.5 Å². The molecule has 0 amide bonds. The molecule has 0 bridgehead atoms. The average Bonchev–Trinajstić information content (AvgIpc) is 2.71. The Morgan fingerprint density at radius 2 is 2.04 bits per heavy atom. The van der Waals surface area contributed by atoms with Gasteiger partial charge in [-0.25, -0.2) is 8.42 Å². The minimum Gasteiger partial charge on any atom is -0.394 e. The van der Waals surface area contributed by atoms with Gasteiger partial charge in [-0.3, -0.25) is 0 Å². The predicted molar refractivity (Wildman–Crippen MR) is 107 cm³/mol. The van der Waals surface area contributed by atoms with E-state index < -0.39 is 15.4 Å². The van der Waals surface area contributed by atoms with Crippen LogP contribution in [-0.2, 0) is 24.0 Å². The molecule has 6 nitrogen and oxygen atoms in total. The number of aliphatic hydroxyl groups is 1. The Labute approximate surface area is 164 Å². The highest BCUT2D eigenvalue weighted by molar-refractivity contribution is 7.95. The topological polar surface area (TPSA) is 82.1 Å². The molecule has 0 aromatic carbocycles. The van der Waals surface area contributed by atoms with Crippen LogP contribution in [0.5, 0.6) is 0 Å². The number of ether oxygens (including phenoxy) is 3. The number of methoxy groups -OCH3 is 1. The molecule has 0 aliphatic carbocycles. The highest BCUT2D eigenvalue weighted by atomic mass is 32.2. The van der Waals surface area contributed by atoms with Gasteiger partial charge in [0, 0.05) is 7.11 Å². The predicted octanol–water partition coefficient (Wildman–Crippen LogP) is 3.01. The van der Waals surface area contributed by atoms with E-state index in [1.807, 2.05) is 13.8 Å². The first-order valence-corrected chi connectivity index (χ1v) is 11.5. The van der Waals surface area contributed by atoms with Crippen LogP contribution in [-0.4, -0.2) is 64.5 Å². The first-order valence-electron chi connectivity index (χ1n) is 9.84. The van der Waals surface area contributed by atoms with Crippen molar-refractivity contribution in [2.75, 3.05) is 39.3 Å². The summed E-state index contributed by atoms with van der Waals surface area (Å²) in [6, 6.07) is 0. The van der Waals surface area contributed by atoms with Gasteiger partial charge in [0.05, 0.1) is 48.8 Å². The van der Waals surface area contributed by atoms with E-state index in [9.17, 15) is 8.42 Å². The molecule has 158 valence electrons. The summed E-state index contributed by atoms with van der Waals surface area (Å²) in [6.07, 6.45) is 6.96. The van der Waals surface area contributed by atoms with E-state index in [1.165, 1.54) is 0 Å². The van der Waals surface area contributed by atoms with E-state index >= 15 is 0 Å². The normalized spacial score (nSPS) is 28.6. The number of rotatable bonds is 11. The molecule has 0 radical (unpaired) electrons. The minimum absolute atomic E-state index is 0.00546. The zero-order valence-corrected chi connectivity index (χ0v) is 18.0. The van der Waals surface area contributed by atoms with E-state index in [1.54, 1.807) is 19.3 Å². The maximum absolute atomic E-state index is 13.3. The molecule has 27 heavy (non-hydrogen) atoms. The molecule has 0 spiro atoms. The number of hydrogen-bond acceptors (Lipinski definition) is 6. The van der Waals surface area contributed by atoms with Gasteiger partial charge >= 0.3 is 0 Å². The molecule has 0 saturated carbocycles. The molecule has 0 unspecified atom stereocenters. The van der Waals surface area contributed by atoms with E-state index in [2.05, 4.69) is 6.92 Å². The molecule has 1 aliphatic heterocycles. The second-order valence-corrected chi connectivity index (χ2v) is 8.93. The van der Waals surface area contributed by atoms with Gasteiger partial charge < -0.3 is 19.3 Å². The average molecular weight is 405 g/mol. The second kappa shape index (κ2) is 12.0. The lowest BCUT2D eigenvalue weighted by Crippen LogP contribution is -2.39. The lowest BCUT2D eigenvalue weighted by atomic mass is 9.95. The van der Waals surface area contributed by atoms with Crippen molar-refractivity contribution in [2.24, 2.45) is 0 Å². The smallest absolute Gasteiger partial charge is 0.181 e. The summed E-state index contributed by atoms with van der Waals surface area (Å²) in [5, 5.41) is 8.79. The highest BCUT2D eigenvalue weighted by Gasteiger charge is 2.42. The zero-order chi connectivity index (χ0) is 20.3. The van der Waals surface area contributed by atoms with Gasteiger partial charge in [0.15, 0.2) is 9.84 Å². The van der Waals surface area contributed by atoms with Crippen molar-refractivity contribution in [1.82, 2.24) is 0 Å². The van der Waals surface area contributed by atoms with Crippen LogP contribution in [0.2, 0.25) is 0 Å². The van der Waals surface area contributed by atoms with Gasteiger partial charge in [0.2, 0.25) is 0 Å². The summed E-state index contributed by atoms with van der Waals surface area (Å²) >= 11 is 0. The summed E-state index contributed by atoms with van der Waals surface area (Å²) in [6.45, 7) is 6.89. The Hall–Kier alpha value is -0.730. The summed E-state index contributed by atoms with van der Waals surface area (Å²) in [5.41, 5.74) is -0.00512. The first kappa shape index (κ1) is 24.3. The third kappa shape index (κ3) is 7.31. The van der Waals surface area contributed by atoms with Crippen LogP contribution in [0, 0.1) is 0 Å². The highest BCUT2D eigenvalue weighted by Crippen LogP contribution is 2.37. The molecule has 2 atom stereocenters. The molecule has 1 saturated heterocycles. The van der Waals surface area contributed by atoms with Crippen LogP contribution < -0.4 is 0 Å². The maximum atomic E-state index is 13.3. The number of unbranched alkanes of at least 4 members (excludes halogenated alkanes) is 1. The van der Waals surface area contributed by atoms with Crippen LogP contribution in [0.25, 0.3) is 0 Å². The fourth-order valence-corrected chi connectivity index (χ4v) is 5.64. The molecule has 1 heterocycles. The minimum atomic E-state index is -3.51. The largest absolute Gasteiger partial charge is 0.394 e. The van der Waals surface area contributed by atoms with Crippen molar-refractivity contribution in [3.8, 4) is 0 Å². The summed E-state index contributed by atoms with van der Waals surface area (Å²) in [4.78, 5) is 0.325. The van der Waals surface area contributed by atoms with Crippen molar-refractivity contribution < 1.29 is 27.7 Å². The quantitative estimate of drug-likeness (QED) is 0.533. The SMILES string of the molecule is CCCC[C@]1(CC)CS(=O)(=O)C(=C/CCOCCO)/C(=C\COC)[C@@H](C)O1. The summed E-state index contributed by atoms with van der Waals surface area (Å²) < 4.78 is 43.3. The Morgan fingerprint density at radius 3 is 2.63 bits per heavy atom. The molecule has 0 aromatic heterocycles. The van der Waals surface area contributed by atoms with E-state index in [4.69, 9.17) is 19.3 Å². The third-order valence-electron chi connectivity index (χ3n) is 4.87. The first-order chi connectivity index (χ1) is 12.9. The van der Waals surface area contributed by atoms with Crippen LogP contribution in [0.4, 0.5) is 0 Å². The molecule has 1 fully saturated rings. The Morgan fingerprint density at radius 1 is 1.30 bits per heavy atom. The Kier molecular flexibility index (Phi) is 10.8. The van der Waals surface area contributed by atoms with Crippen LogP contribution in [0.1, 0.15) is 52.9 Å². The Balaban J connectivity index is 3.24.